The topological polar surface area (TPSA) is 47.3 Å². The van der Waals surface area contributed by atoms with Gasteiger partial charge in [-0.2, -0.15) is 0 Å². The van der Waals surface area contributed by atoms with Gasteiger partial charge in [-0.25, -0.2) is 4.39 Å². The summed E-state index contributed by atoms with van der Waals surface area (Å²) in [6.07, 6.45) is 5.82. The molecule has 0 spiro atoms. The zero-order valence-electron chi connectivity index (χ0n) is 11.5. The van der Waals surface area contributed by atoms with E-state index in [0.29, 0.717) is 11.7 Å². The van der Waals surface area contributed by atoms with E-state index in [1.165, 1.54) is 18.9 Å². The Balaban J connectivity index is 1.93. The van der Waals surface area contributed by atoms with E-state index in [1.807, 2.05) is 6.07 Å². The maximum absolute atomic E-state index is 13.3. The van der Waals surface area contributed by atoms with Crippen molar-refractivity contribution in [3.05, 3.63) is 35.1 Å². The normalized spacial score (nSPS) is 21.3. The molecule has 3 nitrogen and oxygen atoms in total. The summed E-state index contributed by atoms with van der Waals surface area (Å²) in [7, 11) is 0. The molecular formula is C15H23FN2O. The lowest BCUT2D eigenvalue weighted by molar-refractivity contribution is 0.00854. The SMILES string of the molecule is Cc1cc(C(CCC2CCCCO2)NN)ccc1F. The highest BCUT2D eigenvalue weighted by Crippen LogP contribution is 2.24. The summed E-state index contributed by atoms with van der Waals surface area (Å²) >= 11 is 0. The van der Waals surface area contributed by atoms with Gasteiger partial charge < -0.3 is 4.74 Å². The molecule has 0 bridgehead atoms. The van der Waals surface area contributed by atoms with Crippen molar-refractivity contribution in [2.75, 3.05) is 6.61 Å². The van der Waals surface area contributed by atoms with Gasteiger partial charge in [-0.15, -0.1) is 0 Å². The fourth-order valence-electron chi connectivity index (χ4n) is 2.62. The molecule has 0 aliphatic carbocycles. The van der Waals surface area contributed by atoms with Crippen LogP contribution < -0.4 is 11.3 Å². The lowest BCUT2D eigenvalue weighted by Crippen LogP contribution is -2.29. The average molecular weight is 266 g/mol. The van der Waals surface area contributed by atoms with Crippen molar-refractivity contribution in [2.45, 2.75) is 51.2 Å². The van der Waals surface area contributed by atoms with Crippen LogP contribution in [-0.4, -0.2) is 12.7 Å². The first-order valence-corrected chi connectivity index (χ1v) is 7.04. The van der Waals surface area contributed by atoms with Gasteiger partial charge in [0.1, 0.15) is 5.82 Å². The number of hydrogen-bond acceptors (Lipinski definition) is 3. The third-order valence-corrected chi connectivity index (χ3v) is 3.84. The molecule has 1 aliphatic rings. The van der Waals surface area contributed by atoms with Crippen molar-refractivity contribution in [1.29, 1.82) is 0 Å². The summed E-state index contributed by atoms with van der Waals surface area (Å²) in [4.78, 5) is 0. The van der Waals surface area contributed by atoms with Crippen LogP contribution in [0.1, 0.15) is 49.3 Å². The molecule has 1 aromatic rings. The minimum Gasteiger partial charge on any atom is -0.378 e. The number of hydrogen-bond donors (Lipinski definition) is 2. The van der Waals surface area contributed by atoms with Crippen LogP contribution in [-0.2, 0) is 4.74 Å². The Labute approximate surface area is 114 Å². The minimum atomic E-state index is -0.171. The van der Waals surface area contributed by atoms with E-state index in [1.54, 1.807) is 13.0 Å². The summed E-state index contributed by atoms with van der Waals surface area (Å²) in [5.41, 5.74) is 4.52. The van der Waals surface area contributed by atoms with Crippen molar-refractivity contribution in [3.8, 4) is 0 Å². The third kappa shape index (κ3) is 4.00. The van der Waals surface area contributed by atoms with Crippen LogP contribution in [0.5, 0.6) is 0 Å². The Morgan fingerprint density at radius 2 is 2.32 bits per heavy atom. The van der Waals surface area contributed by atoms with Gasteiger partial charge in [-0.3, -0.25) is 11.3 Å². The van der Waals surface area contributed by atoms with E-state index in [9.17, 15) is 4.39 Å². The lowest BCUT2D eigenvalue weighted by Gasteiger charge is -2.25. The Morgan fingerprint density at radius 1 is 1.47 bits per heavy atom. The van der Waals surface area contributed by atoms with E-state index in [-0.39, 0.29) is 11.9 Å². The molecule has 0 radical (unpaired) electrons. The number of rotatable bonds is 5. The monoisotopic (exact) mass is 266 g/mol. The molecule has 2 atom stereocenters. The molecule has 3 N–H and O–H groups in total. The summed E-state index contributed by atoms with van der Waals surface area (Å²) < 4.78 is 19.0. The van der Waals surface area contributed by atoms with E-state index in [2.05, 4.69) is 5.43 Å². The highest BCUT2D eigenvalue weighted by Gasteiger charge is 2.17. The molecule has 106 valence electrons. The van der Waals surface area contributed by atoms with Crippen LogP contribution in [0.3, 0.4) is 0 Å². The van der Waals surface area contributed by atoms with Gasteiger partial charge in [0.15, 0.2) is 0 Å². The zero-order valence-corrected chi connectivity index (χ0v) is 11.5. The summed E-state index contributed by atoms with van der Waals surface area (Å²) in [6, 6.07) is 5.23. The highest BCUT2D eigenvalue weighted by atomic mass is 19.1. The first kappa shape index (κ1) is 14.4. The number of halogens is 1. The van der Waals surface area contributed by atoms with Gasteiger partial charge in [0, 0.05) is 12.6 Å². The van der Waals surface area contributed by atoms with Crippen LogP contribution in [0.25, 0.3) is 0 Å². The van der Waals surface area contributed by atoms with Crippen LogP contribution >= 0.6 is 0 Å². The maximum atomic E-state index is 13.3. The first-order chi connectivity index (χ1) is 9.20. The molecule has 1 heterocycles. The van der Waals surface area contributed by atoms with Gasteiger partial charge in [-0.1, -0.05) is 12.1 Å². The molecular weight excluding hydrogens is 243 g/mol. The van der Waals surface area contributed by atoms with Crippen molar-refractivity contribution in [1.82, 2.24) is 5.43 Å². The molecule has 0 aromatic heterocycles. The second-order valence-electron chi connectivity index (χ2n) is 5.29. The Morgan fingerprint density at radius 3 is 2.95 bits per heavy atom. The van der Waals surface area contributed by atoms with E-state index in [4.69, 9.17) is 10.6 Å². The number of aryl methyl sites for hydroxylation is 1. The Hall–Kier alpha value is -0.970. The highest BCUT2D eigenvalue weighted by molar-refractivity contribution is 5.26. The largest absolute Gasteiger partial charge is 0.378 e. The number of nitrogens with one attached hydrogen (secondary N) is 1. The fraction of sp³-hybridized carbons (Fsp3) is 0.600. The maximum Gasteiger partial charge on any atom is 0.126 e. The molecule has 1 fully saturated rings. The van der Waals surface area contributed by atoms with Crippen molar-refractivity contribution in [3.63, 3.8) is 0 Å². The molecule has 19 heavy (non-hydrogen) atoms. The lowest BCUT2D eigenvalue weighted by atomic mass is 9.96. The molecule has 1 aliphatic heterocycles. The second kappa shape index (κ2) is 6.98. The molecule has 1 aromatic carbocycles. The van der Waals surface area contributed by atoms with E-state index in [0.717, 1.165) is 31.4 Å². The van der Waals surface area contributed by atoms with E-state index >= 15 is 0 Å². The molecule has 2 unspecified atom stereocenters. The van der Waals surface area contributed by atoms with Gasteiger partial charge in [0.2, 0.25) is 0 Å². The molecule has 2 rings (SSSR count). The number of benzene rings is 1. The summed E-state index contributed by atoms with van der Waals surface area (Å²) in [5, 5.41) is 0. The predicted octanol–water partition coefficient (Wildman–Crippen LogP) is 2.99. The minimum absolute atomic E-state index is 0.0600. The summed E-state index contributed by atoms with van der Waals surface area (Å²) in [6.45, 7) is 2.65. The Kier molecular flexibility index (Phi) is 5.31. The van der Waals surface area contributed by atoms with Crippen LogP contribution in [0.2, 0.25) is 0 Å². The standard InChI is InChI=1S/C15H23FN2O/c1-11-10-12(5-7-14(11)16)15(18-17)8-6-13-4-2-3-9-19-13/h5,7,10,13,15,18H,2-4,6,8-9,17H2,1H3. The van der Waals surface area contributed by atoms with Gasteiger partial charge in [0.05, 0.1) is 6.10 Å². The van der Waals surface area contributed by atoms with Crippen LogP contribution in [0.15, 0.2) is 18.2 Å². The van der Waals surface area contributed by atoms with Gasteiger partial charge >= 0.3 is 0 Å². The summed E-state index contributed by atoms with van der Waals surface area (Å²) in [5.74, 6) is 5.45. The van der Waals surface area contributed by atoms with Crippen molar-refractivity contribution in [2.24, 2.45) is 5.84 Å². The van der Waals surface area contributed by atoms with Crippen LogP contribution in [0, 0.1) is 12.7 Å². The van der Waals surface area contributed by atoms with Gasteiger partial charge in [-0.05, 0) is 56.2 Å². The third-order valence-electron chi connectivity index (χ3n) is 3.84. The average Bonchev–Trinajstić information content (AvgIpc) is 2.44. The van der Waals surface area contributed by atoms with Crippen molar-refractivity contribution < 1.29 is 9.13 Å². The smallest absolute Gasteiger partial charge is 0.126 e. The molecule has 4 heteroatoms. The number of nitrogens with two attached hydrogens (primary N) is 1. The molecule has 0 saturated carbocycles. The van der Waals surface area contributed by atoms with E-state index < -0.39 is 0 Å². The van der Waals surface area contributed by atoms with Crippen LogP contribution in [0.4, 0.5) is 4.39 Å². The number of ether oxygens (including phenoxy) is 1. The molecule has 1 saturated heterocycles. The molecule has 0 amide bonds. The second-order valence-corrected chi connectivity index (χ2v) is 5.29. The predicted molar refractivity (Wildman–Crippen MR) is 74.0 cm³/mol. The quantitative estimate of drug-likeness (QED) is 0.636. The van der Waals surface area contributed by atoms with Gasteiger partial charge in [0.25, 0.3) is 0 Å². The zero-order chi connectivity index (χ0) is 13.7. The number of hydrazine groups is 1. The fourth-order valence-corrected chi connectivity index (χ4v) is 2.62. The first-order valence-electron chi connectivity index (χ1n) is 7.04. The van der Waals surface area contributed by atoms with Crippen molar-refractivity contribution >= 4 is 0 Å². The Bertz CT molecular complexity index is 405.